The summed E-state index contributed by atoms with van der Waals surface area (Å²) in [7, 11) is 0. The van der Waals surface area contributed by atoms with Crippen LogP contribution >= 0.6 is 0 Å². The lowest BCUT2D eigenvalue weighted by molar-refractivity contribution is 0.0972. The number of hydrogen-bond acceptors (Lipinski definition) is 2. The van der Waals surface area contributed by atoms with E-state index in [0.29, 0.717) is 0 Å². The fourth-order valence-electron chi connectivity index (χ4n) is 0.753. The Morgan fingerprint density at radius 1 is 1.58 bits per heavy atom. The maximum absolute atomic E-state index is 12.5. The Bertz CT molecular complexity index is 343. The molecular formula is C8H5FN2O. The van der Waals surface area contributed by atoms with Gasteiger partial charge in [0.25, 0.3) is 5.91 Å². The normalized spacial score (nSPS) is 8.67. The molecule has 1 rings (SSSR count). The summed E-state index contributed by atoms with van der Waals surface area (Å²) in [6, 6.07) is 5.12. The molecule has 1 amide bonds. The van der Waals surface area contributed by atoms with Crippen molar-refractivity contribution in [3.05, 3.63) is 35.6 Å². The van der Waals surface area contributed by atoms with Gasteiger partial charge in [0.05, 0.1) is 0 Å². The maximum atomic E-state index is 12.5. The number of halogens is 1. The molecule has 0 unspecified atom stereocenters. The highest BCUT2D eigenvalue weighted by atomic mass is 19.1. The van der Waals surface area contributed by atoms with Gasteiger partial charge in [0.2, 0.25) is 0 Å². The van der Waals surface area contributed by atoms with E-state index in [4.69, 9.17) is 5.26 Å². The number of benzene rings is 1. The monoisotopic (exact) mass is 164 g/mol. The highest BCUT2D eigenvalue weighted by molar-refractivity contribution is 5.95. The van der Waals surface area contributed by atoms with E-state index in [1.807, 2.05) is 5.32 Å². The Morgan fingerprint density at radius 2 is 2.33 bits per heavy atom. The van der Waals surface area contributed by atoms with Crippen LogP contribution < -0.4 is 5.32 Å². The second-order valence-corrected chi connectivity index (χ2v) is 2.08. The van der Waals surface area contributed by atoms with Gasteiger partial charge in [-0.2, -0.15) is 5.26 Å². The summed E-state index contributed by atoms with van der Waals surface area (Å²) in [6.45, 7) is 0. The smallest absolute Gasteiger partial charge is 0.264 e. The summed E-state index contributed by atoms with van der Waals surface area (Å²) in [5.74, 6) is -1.10. The molecule has 0 radical (unpaired) electrons. The van der Waals surface area contributed by atoms with Gasteiger partial charge < -0.3 is 0 Å². The van der Waals surface area contributed by atoms with Gasteiger partial charge in [-0.25, -0.2) is 4.39 Å². The summed E-state index contributed by atoms with van der Waals surface area (Å²) in [6.07, 6.45) is 1.46. The van der Waals surface area contributed by atoms with Crippen LogP contribution in [0.5, 0.6) is 0 Å². The van der Waals surface area contributed by atoms with Crippen LogP contribution in [0.3, 0.4) is 0 Å². The number of nitrogens with one attached hydrogen (secondary N) is 1. The third-order valence-electron chi connectivity index (χ3n) is 1.26. The zero-order valence-electron chi connectivity index (χ0n) is 6.04. The molecule has 0 spiro atoms. The number of amides is 1. The van der Waals surface area contributed by atoms with Crippen LogP contribution in [0.2, 0.25) is 0 Å². The molecule has 0 heterocycles. The maximum Gasteiger partial charge on any atom is 0.264 e. The fraction of sp³-hybridized carbons (Fsp3) is 0. The van der Waals surface area contributed by atoms with Gasteiger partial charge in [-0.3, -0.25) is 10.1 Å². The first-order chi connectivity index (χ1) is 5.74. The number of nitriles is 1. The van der Waals surface area contributed by atoms with Crippen LogP contribution in [0.25, 0.3) is 0 Å². The second-order valence-electron chi connectivity index (χ2n) is 2.08. The minimum atomic E-state index is -0.600. The summed E-state index contributed by atoms with van der Waals surface area (Å²) in [4.78, 5) is 10.9. The summed E-state index contributed by atoms with van der Waals surface area (Å²) in [5.41, 5.74) is 0.136. The molecule has 12 heavy (non-hydrogen) atoms. The first-order valence-corrected chi connectivity index (χ1v) is 3.19. The van der Waals surface area contributed by atoms with Gasteiger partial charge in [0, 0.05) is 5.56 Å². The topological polar surface area (TPSA) is 52.9 Å². The van der Waals surface area contributed by atoms with E-state index < -0.39 is 11.7 Å². The van der Waals surface area contributed by atoms with Gasteiger partial charge in [-0.05, 0) is 18.2 Å². The van der Waals surface area contributed by atoms with Crippen LogP contribution in [0.4, 0.5) is 4.39 Å². The fourth-order valence-corrected chi connectivity index (χ4v) is 0.753. The van der Waals surface area contributed by atoms with Crippen LogP contribution in [-0.2, 0) is 0 Å². The molecule has 0 fully saturated rings. The first-order valence-electron chi connectivity index (χ1n) is 3.19. The standard InChI is InChI=1S/C8H5FN2O/c9-7-3-1-2-6(4-7)8(12)11-5-10/h1-4H,(H,11,12). The molecule has 60 valence electrons. The van der Waals surface area contributed by atoms with Crippen LogP contribution in [0.15, 0.2) is 24.3 Å². The SMILES string of the molecule is N#CNC(=O)c1cccc(F)c1. The van der Waals surface area contributed by atoms with Crippen molar-refractivity contribution >= 4 is 5.91 Å². The molecule has 3 nitrogen and oxygen atoms in total. The lowest BCUT2D eigenvalue weighted by atomic mass is 10.2. The van der Waals surface area contributed by atoms with Crippen LogP contribution in [0.1, 0.15) is 10.4 Å². The van der Waals surface area contributed by atoms with E-state index >= 15 is 0 Å². The van der Waals surface area contributed by atoms with E-state index in [2.05, 4.69) is 0 Å². The minimum Gasteiger partial charge on any atom is -0.268 e. The Kier molecular flexibility index (Phi) is 2.38. The first kappa shape index (κ1) is 8.21. The zero-order chi connectivity index (χ0) is 8.97. The molecular weight excluding hydrogens is 159 g/mol. The molecule has 1 aromatic rings. The van der Waals surface area contributed by atoms with Crippen molar-refractivity contribution in [1.29, 1.82) is 5.26 Å². The van der Waals surface area contributed by atoms with E-state index in [1.165, 1.54) is 24.4 Å². The summed E-state index contributed by atoms with van der Waals surface area (Å²) in [5, 5.41) is 9.98. The van der Waals surface area contributed by atoms with Gasteiger partial charge >= 0.3 is 0 Å². The van der Waals surface area contributed by atoms with Crippen molar-refractivity contribution < 1.29 is 9.18 Å². The number of carbonyl (C=O) groups excluding carboxylic acids is 1. The van der Waals surface area contributed by atoms with Crippen molar-refractivity contribution in [3.8, 4) is 6.19 Å². The molecule has 0 saturated carbocycles. The van der Waals surface area contributed by atoms with E-state index in [-0.39, 0.29) is 5.56 Å². The molecule has 4 heteroatoms. The number of nitrogens with zero attached hydrogens (tertiary/aromatic N) is 1. The summed E-state index contributed by atoms with van der Waals surface area (Å²) >= 11 is 0. The molecule has 1 aromatic carbocycles. The van der Waals surface area contributed by atoms with Crippen LogP contribution in [-0.4, -0.2) is 5.91 Å². The van der Waals surface area contributed by atoms with Gasteiger partial charge in [0.1, 0.15) is 5.82 Å². The predicted molar refractivity (Wildman–Crippen MR) is 39.5 cm³/mol. The third-order valence-corrected chi connectivity index (χ3v) is 1.26. The molecule has 0 saturated heterocycles. The predicted octanol–water partition coefficient (Wildman–Crippen LogP) is 1.04. The Labute approximate surface area is 68.4 Å². The van der Waals surface area contributed by atoms with E-state index in [0.717, 1.165) is 6.07 Å². The Hall–Kier alpha value is -1.89. The van der Waals surface area contributed by atoms with Gasteiger partial charge in [0.15, 0.2) is 6.19 Å². The average Bonchev–Trinajstić information content (AvgIpc) is 2.05. The molecule has 0 atom stereocenters. The number of carbonyl (C=O) groups is 1. The Balaban J connectivity index is 2.90. The van der Waals surface area contributed by atoms with Crippen LogP contribution in [0, 0.1) is 17.3 Å². The largest absolute Gasteiger partial charge is 0.268 e. The molecule has 0 aliphatic rings. The highest BCUT2D eigenvalue weighted by Gasteiger charge is 2.03. The van der Waals surface area contributed by atoms with Crippen molar-refractivity contribution in [2.75, 3.05) is 0 Å². The van der Waals surface area contributed by atoms with Gasteiger partial charge in [-0.1, -0.05) is 6.07 Å². The number of hydrogen-bond donors (Lipinski definition) is 1. The lowest BCUT2D eigenvalue weighted by Gasteiger charge is -1.95. The highest BCUT2D eigenvalue weighted by Crippen LogP contribution is 2.02. The van der Waals surface area contributed by atoms with Crippen molar-refractivity contribution in [2.24, 2.45) is 0 Å². The lowest BCUT2D eigenvalue weighted by Crippen LogP contribution is -2.17. The molecule has 0 aliphatic carbocycles. The zero-order valence-corrected chi connectivity index (χ0v) is 6.04. The van der Waals surface area contributed by atoms with Crippen molar-refractivity contribution in [3.63, 3.8) is 0 Å². The van der Waals surface area contributed by atoms with Crippen molar-refractivity contribution in [1.82, 2.24) is 5.32 Å². The quantitative estimate of drug-likeness (QED) is 0.498. The van der Waals surface area contributed by atoms with Gasteiger partial charge in [-0.15, -0.1) is 0 Å². The minimum absolute atomic E-state index is 0.136. The third kappa shape index (κ3) is 1.80. The van der Waals surface area contributed by atoms with Crippen molar-refractivity contribution in [2.45, 2.75) is 0 Å². The number of rotatable bonds is 1. The van der Waals surface area contributed by atoms with E-state index in [1.54, 1.807) is 0 Å². The van der Waals surface area contributed by atoms with E-state index in [9.17, 15) is 9.18 Å². The second kappa shape index (κ2) is 3.49. The molecule has 0 aliphatic heterocycles. The Morgan fingerprint density at radius 3 is 2.92 bits per heavy atom. The molecule has 0 aromatic heterocycles. The average molecular weight is 164 g/mol. The molecule has 0 bridgehead atoms. The summed E-state index contributed by atoms with van der Waals surface area (Å²) < 4.78 is 12.5. The molecule has 1 N–H and O–H groups in total.